The van der Waals surface area contributed by atoms with Crippen molar-refractivity contribution in [1.82, 2.24) is 9.36 Å². The summed E-state index contributed by atoms with van der Waals surface area (Å²) < 4.78 is 2.67. The van der Waals surface area contributed by atoms with E-state index in [9.17, 15) is 19.7 Å². The number of nitro groups is 1. The molecule has 8 nitrogen and oxygen atoms in total. The Morgan fingerprint density at radius 1 is 0.900 bits per heavy atom. The first kappa shape index (κ1) is 12.2. The summed E-state index contributed by atoms with van der Waals surface area (Å²) in [6.07, 6.45) is 0. The van der Waals surface area contributed by atoms with Gasteiger partial charge in [0.15, 0.2) is 0 Å². The standard InChI is InChI=1S/C12H10N4O4/c17-11-5-6-12(18)15-8-13(7-14(11)15)9-1-3-10(4-2-9)16(19)20/h1-6H,7-8H2. The van der Waals surface area contributed by atoms with Crippen LogP contribution < -0.4 is 16.0 Å². The quantitative estimate of drug-likeness (QED) is 0.582. The normalized spacial score (nSPS) is 13.3. The molecular weight excluding hydrogens is 264 g/mol. The molecule has 0 N–H and O–H groups in total. The van der Waals surface area contributed by atoms with Gasteiger partial charge in [0.25, 0.3) is 16.8 Å². The Bertz CT molecular complexity index is 751. The summed E-state index contributed by atoms with van der Waals surface area (Å²) in [5.41, 5.74) is 0.202. The van der Waals surface area contributed by atoms with E-state index in [0.717, 1.165) is 0 Å². The molecule has 20 heavy (non-hydrogen) atoms. The van der Waals surface area contributed by atoms with E-state index in [4.69, 9.17) is 0 Å². The van der Waals surface area contributed by atoms with Gasteiger partial charge in [-0.3, -0.25) is 19.7 Å². The fourth-order valence-electron chi connectivity index (χ4n) is 2.16. The first-order valence-corrected chi connectivity index (χ1v) is 5.86. The van der Waals surface area contributed by atoms with Crippen molar-refractivity contribution in [3.63, 3.8) is 0 Å². The Balaban J connectivity index is 1.94. The van der Waals surface area contributed by atoms with Crippen LogP contribution in [-0.4, -0.2) is 14.3 Å². The number of benzene rings is 1. The number of hydrogen-bond donors (Lipinski definition) is 0. The van der Waals surface area contributed by atoms with Crippen LogP contribution in [0.1, 0.15) is 0 Å². The van der Waals surface area contributed by atoms with E-state index in [2.05, 4.69) is 0 Å². The summed E-state index contributed by atoms with van der Waals surface area (Å²) in [4.78, 5) is 35.3. The Hall–Kier alpha value is -2.90. The number of aromatic nitrogens is 2. The second kappa shape index (κ2) is 4.34. The molecule has 1 aromatic carbocycles. The maximum atomic E-state index is 11.7. The maximum Gasteiger partial charge on any atom is 0.269 e. The Kier molecular flexibility index (Phi) is 2.63. The third-order valence-corrected chi connectivity index (χ3v) is 3.20. The molecule has 2 aromatic rings. The number of non-ortho nitro benzene ring substituents is 1. The van der Waals surface area contributed by atoms with Crippen LogP contribution in [0.4, 0.5) is 11.4 Å². The molecule has 3 rings (SSSR count). The van der Waals surface area contributed by atoms with Crippen molar-refractivity contribution in [2.75, 3.05) is 4.90 Å². The number of hydrogen-bond acceptors (Lipinski definition) is 5. The highest BCUT2D eigenvalue weighted by Crippen LogP contribution is 2.21. The molecular formula is C12H10N4O4. The van der Waals surface area contributed by atoms with Crippen LogP contribution in [-0.2, 0) is 13.3 Å². The first-order valence-electron chi connectivity index (χ1n) is 5.86. The van der Waals surface area contributed by atoms with Gasteiger partial charge >= 0.3 is 0 Å². The van der Waals surface area contributed by atoms with E-state index in [1.54, 1.807) is 17.0 Å². The lowest BCUT2D eigenvalue weighted by atomic mass is 10.3. The largest absolute Gasteiger partial charge is 0.332 e. The average molecular weight is 274 g/mol. The minimum atomic E-state index is -0.475. The van der Waals surface area contributed by atoms with Gasteiger partial charge in [-0.05, 0) is 12.1 Å². The maximum absolute atomic E-state index is 11.7. The number of fused-ring (bicyclic) bond motifs is 1. The van der Waals surface area contributed by atoms with E-state index in [1.807, 2.05) is 0 Å². The minimum absolute atomic E-state index is 0.000190. The van der Waals surface area contributed by atoms with Crippen LogP contribution in [0.25, 0.3) is 0 Å². The van der Waals surface area contributed by atoms with E-state index >= 15 is 0 Å². The molecule has 0 atom stereocenters. The molecule has 0 bridgehead atoms. The number of nitro benzene ring substituents is 1. The highest BCUT2D eigenvalue weighted by molar-refractivity contribution is 5.50. The number of anilines is 1. The molecule has 0 unspecified atom stereocenters. The lowest BCUT2D eigenvalue weighted by molar-refractivity contribution is -0.384. The molecule has 0 radical (unpaired) electrons. The van der Waals surface area contributed by atoms with E-state index < -0.39 is 4.92 Å². The van der Waals surface area contributed by atoms with Gasteiger partial charge in [-0.1, -0.05) is 0 Å². The van der Waals surface area contributed by atoms with Crippen LogP contribution in [0.2, 0.25) is 0 Å². The number of nitrogens with zero attached hydrogens (tertiary/aromatic N) is 4. The summed E-state index contributed by atoms with van der Waals surface area (Å²) in [7, 11) is 0. The van der Waals surface area contributed by atoms with Crippen molar-refractivity contribution in [3.05, 3.63) is 67.2 Å². The van der Waals surface area contributed by atoms with Crippen LogP contribution >= 0.6 is 0 Å². The molecule has 0 amide bonds. The van der Waals surface area contributed by atoms with Crippen LogP contribution in [0.5, 0.6) is 0 Å². The summed E-state index contributed by atoms with van der Waals surface area (Å²) in [6, 6.07) is 8.45. The molecule has 0 spiro atoms. The lowest BCUT2D eigenvalue weighted by Crippen LogP contribution is -2.32. The molecule has 102 valence electrons. The highest BCUT2D eigenvalue weighted by atomic mass is 16.6. The molecule has 0 saturated heterocycles. The third kappa shape index (κ3) is 1.87. The summed E-state index contributed by atoms with van der Waals surface area (Å²) in [5.74, 6) is 0. The monoisotopic (exact) mass is 274 g/mol. The van der Waals surface area contributed by atoms with Crippen molar-refractivity contribution in [3.8, 4) is 0 Å². The predicted octanol–water partition coefficient (Wildman–Crippen LogP) is 0.353. The molecule has 0 aliphatic carbocycles. The van der Waals surface area contributed by atoms with Crippen LogP contribution in [0, 0.1) is 10.1 Å². The lowest BCUT2D eigenvalue weighted by Gasteiger charge is -2.15. The van der Waals surface area contributed by atoms with Gasteiger partial charge in [-0.25, -0.2) is 9.36 Å². The average Bonchev–Trinajstić information content (AvgIpc) is 2.89. The van der Waals surface area contributed by atoms with Crippen molar-refractivity contribution in [2.45, 2.75) is 13.3 Å². The van der Waals surface area contributed by atoms with Crippen molar-refractivity contribution in [2.24, 2.45) is 0 Å². The molecule has 1 aliphatic rings. The fourth-order valence-corrected chi connectivity index (χ4v) is 2.16. The second-order valence-electron chi connectivity index (χ2n) is 4.41. The highest BCUT2D eigenvalue weighted by Gasteiger charge is 2.20. The molecule has 1 aliphatic heterocycles. The third-order valence-electron chi connectivity index (χ3n) is 3.20. The minimum Gasteiger partial charge on any atom is -0.332 e. The van der Waals surface area contributed by atoms with Crippen molar-refractivity contribution >= 4 is 11.4 Å². The van der Waals surface area contributed by atoms with Crippen LogP contribution in [0.3, 0.4) is 0 Å². The summed E-state index contributed by atoms with van der Waals surface area (Å²) >= 11 is 0. The van der Waals surface area contributed by atoms with Gasteiger partial charge in [0.05, 0.1) is 4.92 Å². The summed E-state index contributed by atoms with van der Waals surface area (Å²) in [5, 5.41) is 10.6. The Labute approximate surface area is 112 Å². The zero-order valence-corrected chi connectivity index (χ0v) is 10.3. The van der Waals surface area contributed by atoms with Crippen molar-refractivity contribution < 1.29 is 4.92 Å². The smallest absolute Gasteiger partial charge is 0.269 e. The molecule has 2 heterocycles. The number of rotatable bonds is 2. The molecule has 0 saturated carbocycles. The van der Waals surface area contributed by atoms with E-state index in [0.29, 0.717) is 5.69 Å². The zero-order valence-electron chi connectivity index (χ0n) is 10.3. The van der Waals surface area contributed by atoms with Crippen LogP contribution in [0.15, 0.2) is 46.0 Å². The van der Waals surface area contributed by atoms with E-state index in [-0.39, 0.29) is 30.1 Å². The molecule has 1 aromatic heterocycles. The Morgan fingerprint density at radius 2 is 1.40 bits per heavy atom. The van der Waals surface area contributed by atoms with Gasteiger partial charge in [-0.2, -0.15) is 0 Å². The van der Waals surface area contributed by atoms with Gasteiger partial charge in [0.2, 0.25) is 0 Å². The fraction of sp³-hybridized carbons (Fsp3) is 0.167. The topological polar surface area (TPSA) is 90.4 Å². The molecule has 0 fully saturated rings. The molecule has 8 heteroatoms. The zero-order chi connectivity index (χ0) is 14.3. The predicted molar refractivity (Wildman–Crippen MR) is 70.5 cm³/mol. The SMILES string of the molecule is O=c1ccc(=O)n2n1CN(c1ccc([N+](=O)[O-])cc1)C2. The first-order chi connectivity index (χ1) is 9.56. The van der Waals surface area contributed by atoms with Crippen molar-refractivity contribution in [1.29, 1.82) is 0 Å². The summed E-state index contributed by atoms with van der Waals surface area (Å²) in [6.45, 7) is 0.486. The van der Waals surface area contributed by atoms with Gasteiger partial charge in [0.1, 0.15) is 13.3 Å². The van der Waals surface area contributed by atoms with Gasteiger partial charge in [-0.15, -0.1) is 0 Å². The second-order valence-corrected chi connectivity index (χ2v) is 4.41. The van der Waals surface area contributed by atoms with Gasteiger partial charge in [0, 0.05) is 30.0 Å². The van der Waals surface area contributed by atoms with Gasteiger partial charge < -0.3 is 4.90 Å². The van der Waals surface area contributed by atoms with E-state index in [1.165, 1.54) is 33.6 Å². The Morgan fingerprint density at radius 3 is 1.85 bits per heavy atom.